The third-order valence-corrected chi connectivity index (χ3v) is 2.71. The highest BCUT2D eigenvalue weighted by atomic mass is 16.3. The number of anilines is 1. The van der Waals surface area contributed by atoms with Crippen LogP contribution in [-0.4, -0.2) is 28.2 Å². The molecule has 14 heavy (non-hydrogen) atoms. The first-order chi connectivity index (χ1) is 6.74. The Kier molecular flexibility index (Phi) is 2.37. The number of rotatable bonds is 4. The van der Waals surface area contributed by atoms with Gasteiger partial charge >= 0.3 is 0 Å². The van der Waals surface area contributed by atoms with E-state index in [1.54, 1.807) is 6.20 Å². The molecule has 0 aliphatic heterocycles. The molecule has 0 atom stereocenters. The van der Waals surface area contributed by atoms with Gasteiger partial charge in [0.15, 0.2) is 0 Å². The number of nitrogens with zero attached hydrogens (tertiary/aromatic N) is 2. The Labute approximate surface area is 83.4 Å². The van der Waals surface area contributed by atoms with Gasteiger partial charge in [-0.25, -0.2) is 9.97 Å². The molecule has 0 spiro atoms. The molecule has 76 valence electrons. The first kappa shape index (κ1) is 9.40. The maximum atomic E-state index is 9.12. The molecular weight excluding hydrogens is 178 g/mol. The van der Waals surface area contributed by atoms with Crippen molar-refractivity contribution in [2.24, 2.45) is 5.41 Å². The molecule has 4 heteroatoms. The van der Waals surface area contributed by atoms with Crippen LogP contribution in [0.1, 0.15) is 18.7 Å². The summed E-state index contributed by atoms with van der Waals surface area (Å²) in [4.78, 5) is 8.25. The van der Waals surface area contributed by atoms with Gasteiger partial charge in [-0.05, 0) is 25.8 Å². The fourth-order valence-electron chi connectivity index (χ4n) is 1.40. The summed E-state index contributed by atoms with van der Waals surface area (Å²) in [6, 6.07) is 1.85. The Bertz CT molecular complexity index is 323. The largest absolute Gasteiger partial charge is 0.396 e. The topological polar surface area (TPSA) is 58.0 Å². The molecule has 1 aliphatic carbocycles. The molecule has 0 saturated heterocycles. The molecule has 1 heterocycles. The van der Waals surface area contributed by atoms with E-state index >= 15 is 0 Å². The molecule has 0 unspecified atom stereocenters. The van der Waals surface area contributed by atoms with Crippen LogP contribution >= 0.6 is 0 Å². The van der Waals surface area contributed by atoms with Crippen LogP contribution in [0.4, 0.5) is 5.82 Å². The second kappa shape index (κ2) is 3.53. The number of nitrogens with one attached hydrogen (secondary N) is 1. The Morgan fingerprint density at radius 2 is 2.36 bits per heavy atom. The van der Waals surface area contributed by atoms with E-state index in [1.807, 2.05) is 13.0 Å². The number of hydrogen-bond acceptors (Lipinski definition) is 4. The first-order valence-electron chi connectivity index (χ1n) is 4.89. The minimum absolute atomic E-state index is 0.124. The summed E-state index contributed by atoms with van der Waals surface area (Å²) in [5.41, 5.74) is 0.124. The third kappa shape index (κ3) is 2.01. The lowest BCUT2D eigenvalue weighted by Gasteiger charge is -2.12. The second-order valence-electron chi connectivity index (χ2n) is 4.00. The van der Waals surface area contributed by atoms with Crippen molar-refractivity contribution in [3.05, 3.63) is 18.1 Å². The van der Waals surface area contributed by atoms with Gasteiger partial charge in [0.25, 0.3) is 0 Å². The quantitative estimate of drug-likeness (QED) is 0.748. The van der Waals surface area contributed by atoms with E-state index in [1.165, 1.54) is 0 Å². The number of aliphatic hydroxyl groups excluding tert-OH is 1. The Morgan fingerprint density at radius 1 is 1.57 bits per heavy atom. The van der Waals surface area contributed by atoms with Crippen LogP contribution in [0, 0.1) is 12.3 Å². The lowest BCUT2D eigenvalue weighted by atomic mass is 10.1. The van der Waals surface area contributed by atoms with E-state index in [0.717, 1.165) is 31.0 Å². The van der Waals surface area contributed by atoms with Gasteiger partial charge < -0.3 is 10.4 Å². The predicted octanol–water partition coefficient (Wildman–Crippen LogP) is 0.969. The second-order valence-corrected chi connectivity index (χ2v) is 4.00. The summed E-state index contributed by atoms with van der Waals surface area (Å²) in [6.07, 6.45) is 3.96. The van der Waals surface area contributed by atoms with Crippen LogP contribution in [-0.2, 0) is 0 Å². The minimum Gasteiger partial charge on any atom is -0.396 e. The summed E-state index contributed by atoms with van der Waals surface area (Å²) in [6.45, 7) is 2.94. The maximum absolute atomic E-state index is 9.12. The molecule has 1 aromatic heterocycles. The highest BCUT2D eigenvalue weighted by molar-refractivity contribution is 5.33. The van der Waals surface area contributed by atoms with Crippen molar-refractivity contribution in [1.29, 1.82) is 0 Å². The molecular formula is C10H15N3O. The van der Waals surface area contributed by atoms with Crippen molar-refractivity contribution < 1.29 is 5.11 Å². The van der Waals surface area contributed by atoms with E-state index in [4.69, 9.17) is 5.11 Å². The number of aromatic nitrogens is 2. The van der Waals surface area contributed by atoms with Crippen molar-refractivity contribution in [3.8, 4) is 0 Å². The normalized spacial score (nSPS) is 17.9. The van der Waals surface area contributed by atoms with Crippen LogP contribution in [0.2, 0.25) is 0 Å². The van der Waals surface area contributed by atoms with Crippen molar-refractivity contribution in [2.75, 3.05) is 18.5 Å². The standard InChI is InChI=1S/C10H15N3O/c1-8-11-5-2-9(13-8)12-6-10(7-14)3-4-10/h2,5,14H,3-4,6-7H2,1H3,(H,11,12,13). The SMILES string of the molecule is Cc1nccc(NCC2(CO)CC2)n1. The Morgan fingerprint density at radius 3 is 2.93 bits per heavy atom. The smallest absolute Gasteiger partial charge is 0.129 e. The molecule has 1 fully saturated rings. The van der Waals surface area contributed by atoms with Gasteiger partial charge in [-0.1, -0.05) is 0 Å². The van der Waals surface area contributed by atoms with Crippen molar-refractivity contribution in [1.82, 2.24) is 9.97 Å². The van der Waals surface area contributed by atoms with Gasteiger partial charge in [0.05, 0.1) is 6.61 Å². The molecule has 0 amide bonds. The van der Waals surface area contributed by atoms with Crippen LogP contribution in [0.3, 0.4) is 0 Å². The highest BCUT2D eigenvalue weighted by Gasteiger charge is 2.41. The lowest BCUT2D eigenvalue weighted by molar-refractivity contribution is 0.219. The molecule has 1 aromatic rings. The van der Waals surface area contributed by atoms with Gasteiger partial charge in [0.1, 0.15) is 11.6 Å². The number of aliphatic hydroxyl groups is 1. The molecule has 0 bridgehead atoms. The molecule has 1 aliphatic rings. The summed E-state index contributed by atoms with van der Waals surface area (Å²) in [7, 11) is 0. The zero-order valence-electron chi connectivity index (χ0n) is 8.32. The average Bonchev–Trinajstić information content (AvgIpc) is 2.96. The minimum atomic E-state index is 0.124. The molecule has 2 rings (SSSR count). The third-order valence-electron chi connectivity index (χ3n) is 2.71. The van der Waals surface area contributed by atoms with Crippen LogP contribution in [0.25, 0.3) is 0 Å². The van der Waals surface area contributed by atoms with Crippen LogP contribution in [0.15, 0.2) is 12.3 Å². The molecule has 1 saturated carbocycles. The van der Waals surface area contributed by atoms with Crippen molar-refractivity contribution >= 4 is 5.82 Å². The number of hydrogen-bond donors (Lipinski definition) is 2. The zero-order valence-corrected chi connectivity index (χ0v) is 8.32. The molecule has 0 radical (unpaired) electrons. The van der Waals surface area contributed by atoms with Crippen LogP contribution < -0.4 is 5.32 Å². The van der Waals surface area contributed by atoms with E-state index in [0.29, 0.717) is 0 Å². The molecule has 2 N–H and O–H groups in total. The van der Waals surface area contributed by atoms with Gasteiger partial charge in [-0.3, -0.25) is 0 Å². The van der Waals surface area contributed by atoms with Gasteiger partial charge in [-0.2, -0.15) is 0 Å². The summed E-state index contributed by atoms with van der Waals surface area (Å²) in [5.74, 6) is 1.61. The fraction of sp³-hybridized carbons (Fsp3) is 0.600. The predicted molar refractivity (Wildman–Crippen MR) is 54.0 cm³/mol. The lowest BCUT2D eigenvalue weighted by Crippen LogP contribution is -2.19. The van der Waals surface area contributed by atoms with E-state index < -0.39 is 0 Å². The van der Waals surface area contributed by atoms with Gasteiger partial charge in [-0.15, -0.1) is 0 Å². The van der Waals surface area contributed by atoms with Gasteiger partial charge in [0, 0.05) is 18.2 Å². The molecule has 0 aromatic carbocycles. The Hall–Kier alpha value is -1.16. The summed E-state index contributed by atoms with van der Waals surface area (Å²) in [5, 5.41) is 12.3. The highest BCUT2D eigenvalue weighted by Crippen LogP contribution is 2.44. The summed E-state index contributed by atoms with van der Waals surface area (Å²) >= 11 is 0. The van der Waals surface area contributed by atoms with Crippen molar-refractivity contribution in [2.45, 2.75) is 19.8 Å². The first-order valence-corrected chi connectivity index (χ1v) is 4.89. The van der Waals surface area contributed by atoms with E-state index in [9.17, 15) is 0 Å². The maximum Gasteiger partial charge on any atom is 0.129 e. The number of aryl methyl sites for hydroxylation is 1. The van der Waals surface area contributed by atoms with E-state index in [2.05, 4.69) is 15.3 Å². The molecule has 4 nitrogen and oxygen atoms in total. The van der Waals surface area contributed by atoms with Gasteiger partial charge in [0.2, 0.25) is 0 Å². The average molecular weight is 193 g/mol. The zero-order chi connectivity index (χ0) is 10.0. The Balaban J connectivity index is 1.92. The summed E-state index contributed by atoms with van der Waals surface area (Å²) < 4.78 is 0. The van der Waals surface area contributed by atoms with E-state index in [-0.39, 0.29) is 12.0 Å². The fourth-order valence-corrected chi connectivity index (χ4v) is 1.40. The van der Waals surface area contributed by atoms with Crippen molar-refractivity contribution in [3.63, 3.8) is 0 Å². The van der Waals surface area contributed by atoms with Crippen LogP contribution in [0.5, 0.6) is 0 Å². The monoisotopic (exact) mass is 193 g/mol.